The van der Waals surface area contributed by atoms with Gasteiger partial charge in [-0.3, -0.25) is 0 Å². The first kappa shape index (κ1) is 11.4. The minimum Gasteiger partial charge on any atom is -0.375 e. The molecular weight excluding hydrogens is 240 g/mol. The van der Waals surface area contributed by atoms with Crippen LogP contribution >= 0.6 is 22.9 Å². The maximum absolute atomic E-state index is 6.17. The molecule has 1 aromatic carbocycles. The van der Waals surface area contributed by atoms with E-state index in [1.807, 2.05) is 24.3 Å². The van der Waals surface area contributed by atoms with Gasteiger partial charge in [-0.15, -0.1) is 11.3 Å². The van der Waals surface area contributed by atoms with Crippen LogP contribution in [0.3, 0.4) is 0 Å². The van der Waals surface area contributed by atoms with Crippen LogP contribution in [0.15, 0.2) is 24.3 Å². The number of nitrogens with zero attached hydrogens (tertiary/aromatic N) is 1. The first-order chi connectivity index (χ1) is 7.59. The van der Waals surface area contributed by atoms with Crippen molar-refractivity contribution in [1.29, 1.82) is 0 Å². The molecule has 0 atom stereocenters. The van der Waals surface area contributed by atoms with Crippen LogP contribution in [0.25, 0.3) is 11.3 Å². The van der Waals surface area contributed by atoms with Crippen LogP contribution in [0.4, 0.5) is 5.13 Å². The molecule has 2 nitrogen and oxygen atoms in total. The van der Waals surface area contributed by atoms with E-state index in [4.69, 9.17) is 17.3 Å². The second-order valence-corrected chi connectivity index (χ2v) is 5.37. The number of aromatic nitrogens is 1. The molecule has 0 saturated carbocycles. The molecule has 0 fully saturated rings. The molecule has 2 aromatic rings. The molecule has 2 rings (SSSR count). The number of nitrogens with two attached hydrogens (primary N) is 1. The third-order valence-corrected chi connectivity index (χ3v) is 3.84. The number of hydrogen-bond donors (Lipinski definition) is 1. The highest BCUT2D eigenvalue weighted by atomic mass is 35.5. The zero-order chi connectivity index (χ0) is 11.7. The number of anilines is 1. The van der Waals surface area contributed by atoms with Gasteiger partial charge in [0.1, 0.15) is 0 Å². The van der Waals surface area contributed by atoms with Crippen LogP contribution in [0, 0.1) is 0 Å². The fourth-order valence-electron chi connectivity index (χ4n) is 1.59. The summed E-state index contributed by atoms with van der Waals surface area (Å²) in [5.41, 5.74) is 7.65. The van der Waals surface area contributed by atoms with Gasteiger partial charge >= 0.3 is 0 Å². The second-order valence-electron chi connectivity index (χ2n) is 3.90. The summed E-state index contributed by atoms with van der Waals surface area (Å²) in [6.07, 6.45) is 0. The van der Waals surface area contributed by atoms with Crippen molar-refractivity contribution in [3.63, 3.8) is 0 Å². The highest BCUT2D eigenvalue weighted by Gasteiger charge is 2.16. The standard InChI is InChI=1S/C12H13ClN2S/c1-7(2)11-10(15-12(14)16-11)8-5-3-4-6-9(8)13/h3-7H,1-2H3,(H2,14,15). The second kappa shape index (κ2) is 4.44. The van der Waals surface area contributed by atoms with E-state index in [1.54, 1.807) is 0 Å². The molecule has 0 bridgehead atoms. The third-order valence-electron chi connectivity index (χ3n) is 2.32. The smallest absolute Gasteiger partial charge is 0.180 e. The van der Waals surface area contributed by atoms with Gasteiger partial charge in [0.15, 0.2) is 5.13 Å². The van der Waals surface area contributed by atoms with E-state index < -0.39 is 0 Å². The maximum Gasteiger partial charge on any atom is 0.180 e. The summed E-state index contributed by atoms with van der Waals surface area (Å²) in [4.78, 5) is 5.56. The molecule has 0 aliphatic rings. The third kappa shape index (κ3) is 2.06. The summed E-state index contributed by atoms with van der Waals surface area (Å²) in [5.74, 6) is 0.404. The Kier molecular flexibility index (Phi) is 3.17. The lowest BCUT2D eigenvalue weighted by molar-refractivity contribution is 0.888. The summed E-state index contributed by atoms with van der Waals surface area (Å²) >= 11 is 7.70. The lowest BCUT2D eigenvalue weighted by Crippen LogP contribution is -1.89. The largest absolute Gasteiger partial charge is 0.375 e. The molecule has 84 valence electrons. The first-order valence-electron chi connectivity index (χ1n) is 5.10. The summed E-state index contributed by atoms with van der Waals surface area (Å²) in [5, 5.41) is 1.31. The molecular formula is C12H13ClN2S. The van der Waals surface area contributed by atoms with E-state index in [0.29, 0.717) is 11.0 Å². The maximum atomic E-state index is 6.17. The quantitative estimate of drug-likeness (QED) is 0.871. The predicted octanol–water partition coefficient (Wildman–Crippen LogP) is 4.17. The van der Waals surface area contributed by atoms with Crippen molar-refractivity contribution >= 4 is 28.1 Å². The average molecular weight is 253 g/mol. The van der Waals surface area contributed by atoms with E-state index in [-0.39, 0.29) is 0 Å². The van der Waals surface area contributed by atoms with Crippen LogP contribution in [-0.4, -0.2) is 4.98 Å². The Morgan fingerprint density at radius 3 is 2.62 bits per heavy atom. The predicted molar refractivity (Wildman–Crippen MR) is 71.1 cm³/mol. The first-order valence-corrected chi connectivity index (χ1v) is 6.30. The molecule has 0 aliphatic carbocycles. The molecule has 1 aromatic heterocycles. The molecule has 4 heteroatoms. The molecule has 0 aliphatic heterocycles. The summed E-state index contributed by atoms with van der Waals surface area (Å²) < 4.78 is 0. The Hall–Kier alpha value is -1.06. The zero-order valence-electron chi connectivity index (χ0n) is 9.20. The van der Waals surface area contributed by atoms with Crippen LogP contribution < -0.4 is 5.73 Å². The SMILES string of the molecule is CC(C)c1sc(N)nc1-c1ccccc1Cl. The minimum atomic E-state index is 0.404. The van der Waals surface area contributed by atoms with E-state index in [9.17, 15) is 0 Å². The molecule has 0 amide bonds. The van der Waals surface area contributed by atoms with E-state index >= 15 is 0 Å². The van der Waals surface area contributed by atoms with Crippen molar-refractivity contribution in [2.75, 3.05) is 5.73 Å². The number of halogens is 1. The number of thiazole rings is 1. The topological polar surface area (TPSA) is 38.9 Å². The Balaban J connectivity index is 2.60. The number of hydrogen-bond acceptors (Lipinski definition) is 3. The van der Waals surface area contributed by atoms with E-state index in [0.717, 1.165) is 16.3 Å². The summed E-state index contributed by atoms with van der Waals surface area (Å²) in [7, 11) is 0. The van der Waals surface area contributed by atoms with Crippen molar-refractivity contribution in [2.45, 2.75) is 19.8 Å². The van der Waals surface area contributed by atoms with Gasteiger partial charge in [-0.2, -0.15) is 0 Å². The van der Waals surface area contributed by atoms with Crippen molar-refractivity contribution in [2.24, 2.45) is 0 Å². The highest BCUT2D eigenvalue weighted by Crippen LogP contribution is 2.37. The van der Waals surface area contributed by atoms with Crippen molar-refractivity contribution < 1.29 is 0 Å². The van der Waals surface area contributed by atoms with Crippen molar-refractivity contribution in [1.82, 2.24) is 4.98 Å². The molecule has 2 N–H and O–H groups in total. The van der Waals surface area contributed by atoms with Gasteiger partial charge < -0.3 is 5.73 Å². The van der Waals surface area contributed by atoms with Gasteiger partial charge in [-0.25, -0.2) is 4.98 Å². The lowest BCUT2D eigenvalue weighted by Gasteiger charge is -2.06. The minimum absolute atomic E-state index is 0.404. The fourth-order valence-corrected chi connectivity index (χ4v) is 2.66. The Morgan fingerprint density at radius 1 is 1.31 bits per heavy atom. The molecule has 0 spiro atoms. The molecule has 0 radical (unpaired) electrons. The molecule has 16 heavy (non-hydrogen) atoms. The van der Waals surface area contributed by atoms with Crippen LogP contribution in [0.2, 0.25) is 5.02 Å². The Labute approximate surface area is 104 Å². The van der Waals surface area contributed by atoms with Gasteiger partial charge in [-0.1, -0.05) is 43.6 Å². The summed E-state index contributed by atoms with van der Waals surface area (Å²) in [6, 6.07) is 7.72. The average Bonchev–Trinajstić information content (AvgIpc) is 2.61. The lowest BCUT2D eigenvalue weighted by atomic mass is 10.1. The highest BCUT2D eigenvalue weighted by molar-refractivity contribution is 7.15. The molecule has 0 unspecified atom stereocenters. The van der Waals surface area contributed by atoms with E-state index in [1.165, 1.54) is 16.2 Å². The van der Waals surface area contributed by atoms with Crippen LogP contribution in [0.5, 0.6) is 0 Å². The summed E-state index contributed by atoms with van der Waals surface area (Å²) in [6.45, 7) is 4.26. The Morgan fingerprint density at radius 2 is 2.00 bits per heavy atom. The van der Waals surface area contributed by atoms with Gasteiger partial charge in [0.2, 0.25) is 0 Å². The number of rotatable bonds is 2. The zero-order valence-corrected chi connectivity index (χ0v) is 10.8. The van der Waals surface area contributed by atoms with Gasteiger partial charge in [0.25, 0.3) is 0 Å². The Bertz CT molecular complexity index is 505. The van der Waals surface area contributed by atoms with Gasteiger partial charge in [0, 0.05) is 15.5 Å². The monoisotopic (exact) mass is 252 g/mol. The van der Waals surface area contributed by atoms with Crippen LogP contribution in [0.1, 0.15) is 24.6 Å². The fraction of sp³-hybridized carbons (Fsp3) is 0.250. The van der Waals surface area contributed by atoms with Crippen molar-refractivity contribution in [3.8, 4) is 11.3 Å². The van der Waals surface area contributed by atoms with Gasteiger partial charge in [-0.05, 0) is 12.0 Å². The number of benzene rings is 1. The van der Waals surface area contributed by atoms with Gasteiger partial charge in [0.05, 0.1) is 5.69 Å². The van der Waals surface area contributed by atoms with E-state index in [2.05, 4.69) is 18.8 Å². The number of nitrogen functional groups attached to an aromatic ring is 1. The molecule has 1 heterocycles. The van der Waals surface area contributed by atoms with Crippen LogP contribution in [-0.2, 0) is 0 Å². The van der Waals surface area contributed by atoms with Crippen molar-refractivity contribution in [3.05, 3.63) is 34.2 Å². The molecule has 0 saturated heterocycles. The normalized spacial score (nSPS) is 11.0.